The van der Waals surface area contributed by atoms with Gasteiger partial charge in [-0.25, -0.2) is 8.42 Å². The molecule has 210 valence electrons. The number of sulfone groups is 1. The summed E-state index contributed by atoms with van der Waals surface area (Å²) >= 11 is 7.98. The van der Waals surface area contributed by atoms with E-state index in [9.17, 15) is 13.2 Å². The number of aromatic nitrogens is 1. The average Bonchev–Trinajstić information content (AvgIpc) is 3.31. The molecule has 1 amide bonds. The lowest BCUT2D eigenvalue weighted by Gasteiger charge is -2.37. The maximum atomic E-state index is 14.3. The summed E-state index contributed by atoms with van der Waals surface area (Å²) in [5.74, 6) is -0.148. The van der Waals surface area contributed by atoms with Gasteiger partial charge in [-0.15, -0.1) is 11.3 Å². The molecule has 4 aromatic rings. The number of carbonyl (C=O) groups excluding carboxylic acids is 1. The normalized spacial score (nSPS) is 17.7. The Morgan fingerprint density at radius 1 is 1.05 bits per heavy atom. The van der Waals surface area contributed by atoms with Crippen molar-refractivity contribution in [1.29, 1.82) is 0 Å². The number of nitrogens with zero attached hydrogens (tertiary/aromatic N) is 2. The number of amides is 1. The van der Waals surface area contributed by atoms with Gasteiger partial charge >= 0.3 is 0 Å². The number of hydrogen-bond donors (Lipinski definition) is 1. The lowest BCUT2D eigenvalue weighted by atomic mass is 9.89. The van der Waals surface area contributed by atoms with Gasteiger partial charge in [0.15, 0.2) is 9.84 Å². The standard InChI is InChI=1S/C31H34ClN3O3S2/c1-3-16-34-24-10-12-25(13-11-24)35(20-21-6-4-7-23(19-21)22-14-17-33-18-15-22)31(36)30-28(32)26-8-5-9-27(29(26)39-30)40(2,37)38/h4-9,14-15,17-19,24-25,34H,3,10-13,16,20H2,1-2H3. The van der Waals surface area contributed by atoms with Gasteiger partial charge in [-0.05, 0) is 79.6 Å². The zero-order chi connectivity index (χ0) is 28.3. The fraction of sp³-hybridized carbons (Fsp3) is 0.355. The molecular formula is C31H34ClN3O3S2. The largest absolute Gasteiger partial charge is 0.331 e. The van der Waals surface area contributed by atoms with Crippen molar-refractivity contribution in [3.05, 3.63) is 82.5 Å². The van der Waals surface area contributed by atoms with Crippen LogP contribution in [0.3, 0.4) is 0 Å². The molecule has 0 saturated heterocycles. The molecule has 6 nitrogen and oxygen atoms in total. The summed E-state index contributed by atoms with van der Waals surface area (Å²) in [6.07, 6.45) is 9.63. The summed E-state index contributed by atoms with van der Waals surface area (Å²) in [7, 11) is -3.48. The van der Waals surface area contributed by atoms with Crippen molar-refractivity contribution >= 4 is 48.8 Å². The summed E-state index contributed by atoms with van der Waals surface area (Å²) in [6, 6.07) is 17.8. The van der Waals surface area contributed by atoms with Crippen LogP contribution >= 0.6 is 22.9 Å². The van der Waals surface area contributed by atoms with E-state index in [-0.39, 0.29) is 16.8 Å². The fourth-order valence-corrected chi connectivity index (χ4v) is 8.34. The van der Waals surface area contributed by atoms with Crippen LogP contribution in [0.4, 0.5) is 0 Å². The van der Waals surface area contributed by atoms with Gasteiger partial charge in [0.1, 0.15) is 4.88 Å². The second-order valence-electron chi connectivity index (χ2n) is 10.5. The molecule has 2 aromatic heterocycles. The molecular weight excluding hydrogens is 562 g/mol. The van der Waals surface area contributed by atoms with Crippen LogP contribution in [-0.2, 0) is 16.4 Å². The van der Waals surface area contributed by atoms with Crippen molar-refractivity contribution in [1.82, 2.24) is 15.2 Å². The van der Waals surface area contributed by atoms with E-state index >= 15 is 0 Å². The van der Waals surface area contributed by atoms with E-state index in [1.54, 1.807) is 30.6 Å². The zero-order valence-corrected chi connectivity index (χ0v) is 25.2. The Kier molecular flexibility index (Phi) is 8.90. The summed E-state index contributed by atoms with van der Waals surface area (Å²) in [4.78, 5) is 21.0. The minimum absolute atomic E-state index is 0.0624. The fourth-order valence-electron chi connectivity index (χ4n) is 5.52. The highest BCUT2D eigenvalue weighted by molar-refractivity contribution is 7.91. The molecule has 1 fully saturated rings. The highest BCUT2D eigenvalue weighted by Gasteiger charge is 2.32. The number of halogens is 1. The van der Waals surface area contributed by atoms with E-state index in [0.717, 1.165) is 55.3 Å². The first-order valence-corrected chi connectivity index (χ1v) is 16.8. The van der Waals surface area contributed by atoms with Crippen molar-refractivity contribution in [2.24, 2.45) is 0 Å². The molecule has 40 heavy (non-hydrogen) atoms. The number of pyridine rings is 1. The van der Waals surface area contributed by atoms with E-state index < -0.39 is 9.84 Å². The van der Waals surface area contributed by atoms with E-state index in [2.05, 4.69) is 29.4 Å². The third-order valence-electron chi connectivity index (χ3n) is 7.59. The van der Waals surface area contributed by atoms with Crippen LogP contribution in [0.1, 0.15) is 54.3 Å². The quantitative estimate of drug-likeness (QED) is 0.226. The summed E-state index contributed by atoms with van der Waals surface area (Å²) in [5, 5.41) is 4.56. The predicted octanol–water partition coefficient (Wildman–Crippen LogP) is 6.97. The molecule has 0 spiro atoms. The van der Waals surface area contributed by atoms with Crippen molar-refractivity contribution in [2.75, 3.05) is 12.8 Å². The van der Waals surface area contributed by atoms with Gasteiger partial charge in [-0.3, -0.25) is 9.78 Å². The molecule has 0 bridgehead atoms. The summed E-state index contributed by atoms with van der Waals surface area (Å²) in [5.41, 5.74) is 3.17. The molecule has 0 radical (unpaired) electrons. The first-order valence-electron chi connectivity index (χ1n) is 13.7. The molecule has 9 heteroatoms. The van der Waals surface area contributed by atoms with Crippen molar-refractivity contribution in [3.8, 4) is 11.1 Å². The lowest BCUT2D eigenvalue weighted by Crippen LogP contribution is -2.45. The second-order valence-corrected chi connectivity index (χ2v) is 13.9. The minimum Gasteiger partial charge on any atom is -0.331 e. The SMILES string of the molecule is CCCNC1CCC(N(Cc2cccc(-c3ccncc3)c2)C(=O)c2sc3c(S(C)(=O)=O)cccc3c2Cl)CC1. The molecule has 2 heterocycles. The Morgan fingerprint density at radius 3 is 2.48 bits per heavy atom. The van der Waals surface area contributed by atoms with Gasteiger partial charge in [0.2, 0.25) is 0 Å². The van der Waals surface area contributed by atoms with Crippen LogP contribution < -0.4 is 5.32 Å². The van der Waals surface area contributed by atoms with Crippen LogP contribution in [-0.4, -0.2) is 49.1 Å². The van der Waals surface area contributed by atoms with E-state index in [1.165, 1.54) is 17.6 Å². The molecule has 2 aromatic carbocycles. The highest BCUT2D eigenvalue weighted by atomic mass is 35.5. The van der Waals surface area contributed by atoms with Gasteiger partial charge in [-0.2, -0.15) is 0 Å². The minimum atomic E-state index is -3.48. The molecule has 0 atom stereocenters. The highest BCUT2D eigenvalue weighted by Crippen LogP contribution is 2.40. The first kappa shape index (κ1) is 28.7. The van der Waals surface area contributed by atoms with Crippen LogP contribution in [0.15, 0.2) is 71.9 Å². The Hall–Kier alpha value is -2.78. The molecule has 1 N–H and O–H groups in total. The van der Waals surface area contributed by atoms with Gasteiger partial charge in [-0.1, -0.05) is 48.9 Å². The molecule has 0 aliphatic heterocycles. The summed E-state index contributed by atoms with van der Waals surface area (Å²) in [6.45, 7) is 3.61. The van der Waals surface area contributed by atoms with Gasteiger partial charge < -0.3 is 10.2 Å². The smallest absolute Gasteiger partial charge is 0.266 e. The third kappa shape index (κ3) is 6.25. The van der Waals surface area contributed by atoms with Crippen molar-refractivity contribution in [2.45, 2.75) is 62.6 Å². The number of rotatable bonds is 9. The number of benzene rings is 2. The molecule has 1 aliphatic rings. The zero-order valence-electron chi connectivity index (χ0n) is 22.8. The molecule has 1 aliphatic carbocycles. The van der Waals surface area contributed by atoms with Crippen molar-refractivity contribution < 1.29 is 13.2 Å². The number of hydrogen-bond acceptors (Lipinski definition) is 6. The predicted molar refractivity (Wildman–Crippen MR) is 164 cm³/mol. The lowest BCUT2D eigenvalue weighted by molar-refractivity contribution is 0.0605. The van der Waals surface area contributed by atoms with Crippen molar-refractivity contribution in [3.63, 3.8) is 0 Å². The van der Waals surface area contributed by atoms with E-state index in [4.69, 9.17) is 11.6 Å². The van der Waals surface area contributed by atoms with E-state index in [0.29, 0.717) is 32.6 Å². The van der Waals surface area contributed by atoms with Gasteiger partial charge in [0.05, 0.1) is 14.6 Å². The maximum Gasteiger partial charge on any atom is 0.266 e. The third-order valence-corrected chi connectivity index (χ3v) is 10.6. The van der Waals surface area contributed by atoms with Crippen LogP contribution in [0.2, 0.25) is 5.02 Å². The number of nitrogens with one attached hydrogen (secondary N) is 1. The molecule has 5 rings (SSSR count). The first-order chi connectivity index (χ1) is 19.3. The topological polar surface area (TPSA) is 79.4 Å². The average molecular weight is 596 g/mol. The Balaban J connectivity index is 1.50. The van der Waals surface area contributed by atoms with Gasteiger partial charge in [0.25, 0.3) is 5.91 Å². The maximum absolute atomic E-state index is 14.3. The number of fused-ring (bicyclic) bond motifs is 1. The number of thiophene rings is 1. The molecule has 1 saturated carbocycles. The summed E-state index contributed by atoms with van der Waals surface area (Å²) < 4.78 is 25.5. The number of carbonyl (C=O) groups is 1. The van der Waals surface area contributed by atoms with E-state index in [1.807, 2.05) is 29.2 Å². The molecule has 0 unspecified atom stereocenters. The second kappa shape index (κ2) is 12.4. The Bertz CT molecular complexity index is 1600. The van der Waals surface area contributed by atoms with Gasteiger partial charge in [0, 0.05) is 42.7 Å². The monoisotopic (exact) mass is 595 g/mol. The Labute approximate surface area is 245 Å². The van der Waals surface area contributed by atoms with Crippen LogP contribution in [0.25, 0.3) is 21.2 Å². The van der Waals surface area contributed by atoms with Crippen LogP contribution in [0.5, 0.6) is 0 Å². The van der Waals surface area contributed by atoms with Crippen LogP contribution in [0, 0.1) is 0 Å². The Morgan fingerprint density at radius 2 is 1.77 bits per heavy atom.